The van der Waals surface area contributed by atoms with Crippen LogP contribution < -0.4 is 10.6 Å². The van der Waals surface area contributed by atoms with Gasteiger partial charge in [-0.2, -0.15) is 0 Å². The van der Waals surface area contributed by atoms with Crippen molar-refractivity contribution in [2.45, 2.75) is 17.9 Å². The van der Waals surface area contributed by atoms with Crippen LogP contribution in [0.3, 0.4) is 0 Å². The predicted octanol–water partition coefficient (Wildman–Crippen LogP) is 2.94. The first kappa shape index (κ1) is 19.7. The predicted molar refractivity (Wildman–Crippen MR) is 114 cm³/mol. The minimum atomic E-state index is -2.41. The zero-order chi connectivity index (χ0) is 20.9. The number of benzene rings is 1. The fourth-order valence-electron chi connectivity index (χ4n) is 2.91. The van der Waals surface area contributed by atoms with Gasteiger partial charge in [-0.05, 0) is 48.3 Å². The second kappa shape index (κ2) is 8.80. The lowest BCUT2D eigenvalue weighted by molar-refractivity contribution is 0.536. The molecule has 30 heavy (non-hydrogen) atoms. The molecule has 2 atom stereocenters. The molecule has 10 heteroatoms. The number of anilines is 2. The van der Waals surface area contributed by atoms with Gasteiger partial charge in [0.2, 0.25) is 0 Å². The third kappa shape index (κ3) is 4.34. The number of nitrogens with zero attached hydrogens (tertiary/aromatic N) is 4. The second-order valence-corrected chi connectivity index (χ2v) is 7.31. The Bertz CT molecular complexity index is 1210. The molecule has 0 aliphatic carbocycles. The molecule has 0 aliphatic heterocycles. The van der Waals surface area contributed by atoms with E-state index in [2.05, 4.69) is 35.6 Å². The van der Waals surface area contributed by atoms with Gasteiger partial charge in [-0.3, -0.25) is 9.19 Å². The van der Waals surface area contributed by atoms with Crippen molar-refractivity contribution in [3.05, 3.63) is 72.7 Å². The minimum Gasteiger partial charge on any atom is -0.768 e. The number of hydrogen-bond donors (Lipinski definition) is 3. The summed E-state index contributed by atoms with van der Waals surface area (Å²) in [7, 11) is 0. The van der Waals surface area contributed by atoms with E-state index < -0.39 is 11.1 Å². The molecule has 0 amide bonds. The molecule has 0 bridgehead atoms. The molecule has 4 rings (SSSR count). The zero-order valence-corrected chi connectivity index (χ0v) is 16.8. The van der Waals surface area contributed by atoms with Gasteiger partial charge in [0, 0.05) is 17.6 Å². The molecule has 0 aliphatic rings. The molecule has 0 saturated heterocycles. The Kier molecular flexibility index (Phi) is 5.77. The Hall–Kier alpha value is -3.63. The summed E-state index contributed by atoms with van der Waals surface area (Å²) in [5, 5.41) is 6.67. The van der Waals surface area contributed by atoms with Crippen LogP contribution in [0.5, 0.6) is 0 Å². The molecule has 1 aromatic carbocycles. The topological polar surface area (TPSA) is 132 Å². The van der Waals surface area contributed by atoms with Gasteiger partial charge >= 0.3 is 0 Å². The highest BCUT2D eigenvalue weighted by Crippen LogP contribution is 2.22. The molecule has 9 nitrogen and oxygen atoms in total. The molecule has 3 heterocycles. The van der Waals surface area contributed by atoms with Crippen molar-refractivity contribution < 1.29 is 8.76 Å². The fourth-order valence-corrected chi connectivity index (χ4v) is 3.39. The van der Waals surface area contributed by atoms with Gasteiger partial charge in [0.05, 0.1) is 23.0 Å². The minimum absolute atomic E-state index is 0.120. The molecule has 3 aromatic heterocycles. The van der Waals surface area contributed by atoms with Crippen LogP contribution in [0.2, 0.25) is 0 Å². The van der Waals surface area contributed by atoms with E-state index in [-0.39, 0.29) is 10.9 Å². The van der Waals surface area contributed by atoms with Crippen LogP contribution in [0.25, 0.3) is 17.2 Å². The molecule has 0 radical (unpaired) electrons. The number of nitrogens with one attached hydrogen (secondary N) is 3. The molecule has 4 aromatic rings. The summed E-state index contributed by atoms with van der Waals surface area (Å²) >= 11 is -2.41. The summed E-state index contributed by atoms with van der Waals surface area (Å²) < 4.78 is 23.2. The highest BCUT2D eigenvalue weighted by molar-refractivity contribution is 7.79. The first-order valence-corrected chi connectivity index (χ1v) is 10.2. The van der Waals surface area contributed by atoms with Crippen molar-refractivity contribution in [1.29, 1.82) is 0 Å². The first-order chi connectivity index (χ1) is 14.6. The van der Waals surface area contributed by atoms with E-state index in [4.69, 9.17) is 0 Å². The van der Waals surface area contributed by atoms with Gasteiger partial charge in [-0.25, -0.2) is 15.0 Å². The van der Waals surface area contributed by atoms with E-state index in [0.29, 0.717) is 28.4 Å². The number of imidazole rings is 1. The van der Waals surface area contributed by atoms with Crippen LogP contribution in [0, 0.1) is 0 Å². The largest absolute Gasteiger partial charge is 0.768 e. The summed E-state index contributed by atoms with van der Waals surface area (Å²) in [6.07, 6.45) is 6.25. The quantitative estimate of drug-likeness (QED) is 0.389. The molecule has 2 unspecified atom stereocenters. The van der Waals surface area contributed by atoms with Crippen molar-refractivity contribution >= 4 is 39.8 Å². The van der Waals surface area contributed by atoms with Crippen LogP contribution in [0.1, 0.15) is 12.6 Å². The first-order valence-electron chi connectivity index (χ1n) is 9.10. The summed E-state index contributed by atoms with van der Waals surface area (Å²) in [6.45, 7) is 1.93. The summed E-state index contributed by atoms with van der Waals surface area (Å²) in [6, 6.07) is 12.4. The number of aromatic nitrogens is 5. The Morgan fingerprint density at radius 2 is 1.97 bits per heavy atom. The standard InChI is InChI=1S/C20H19N7O2S/c1-13(26-20-18-19(23-11-22-18)24-12-25-20)15(27-14-6-3-2-4-7-14)10-16-17(30(28)29)8-5-9-21-16/h2-13,27H,1H3,(H,28,29)(H2,22,23,24,25,26)/p-1/b15-10-. The van der Waals surface area contributed by atoms with Gasteiger partial charge in [-0.1, -0.05) is 18.2 Å². The van der Waals surface area contributed by atoms with Gasteiger partial charge in [0.25, 0.3) is 0 Å². The number of fused-ring (bicyclic) bond motifs is 1. The maximum atomic E-state index is 11.6. The number of rotatable bonds is 7. The van der Waals surface area contributed by atoms with Crippen LogP contribution in [-0.2, 0) is 11.1 Å². The molecular formula is C20H18N7O2S-. The van der Waals surface area contributed by atoms with Crippen molar-refractivity contribution in [3.8, 4) is 0 Å². The number of para-hydroxylation sites is 1. The van der Waals surface area contributed by atoms with Crippen molar-refractivity contribution in [2.75, 3.05) is 10.6 Å². The van der Waals surface area contributed by atoms with E-state index in [9.17, 15) is 8.76 Å². The average Bonchev–Trinajstić information content (AvgIpc) is 3.24. The number of aromatic amines is 1. The molecule has 152 valence electrons. The Morgan fingerprint density at radius 1 is 1.13 bits per heavy atom. The SMILES string of the molecule is CC(Nc1ncnc2nc[nH]c12)/C(=C/c1ncccc1S(=O)[O-])Nc1ccccc1. The molecular weight excluding hydrogens is 402 g/mol. The van der Waals surface area contributed by atoms with Crippen LogP contribution in [-0.4, -0.2) is 39.7 Å². The lowest BCUT2D eigenvalue weighted by Crippen LogP contribution is -2.24. The van der Waals surface area contributed by atoms with E-state index >= 15 is 0 Å². The summed E-state index contributed by atoms with van der Waals surface area (Å²) in [5.74, 6) is 0.583. The van der Waals surface area contributed by atoms with Gasteiger partial charge in [0.15, 0.2) is 11.5 Å². The van der Waals surface area contributed by atoms with Crippen molar-refractivity contribution in [3.63, 3.8) is 0 Å². The van der Waals surface area contributed by atoms with Crippen molar-refractivity contribution in [1.82, 2.24) is 24.9 Å². The third-order valence-electron chi connectivity index (χ3n) is 4.38. The van der Waals surface area contributed by atoms with Crippen molar-refractivity contribution in [2.24, 2.45) is 0 Å². The number of pyridine rings is 1. The molecule has 0 spiro atoms. The maximum absolute atomic E-state index is 11.6. The smallest absolute Gasteiger partial charge is 0.182 e. The number of H-pyrrole nitrogens is 1. The molecule has 3 N–H and O–H groups in total. The summed E-state index contributed by atoms with van der Waals surface area (Å²) in [4.78, 5) is 19.9. The Balaban J connectivity index is 1.71. The van der Waals surface area contributed by atoms with Gasteiger partial charge in [0.1, 0.15) is 11.8 Å². The van der Waals surface area contributed by atoms with Crippen LogP contribution in [0.4, 0.5) is 11.5 Å². The highest BCUT2D eigenvalue weighted by atomic mass is 32.2. The third-order valence-corrected chi connectivity index (χ3v) is 5.08. The lowest BCUT2D eigenvalue weighted by atomic mass is 10.1. The monoisotopic (exact) mass is 420 g/mol. The number of hydrogen-bond acceptors (Lipinski definition) is 8. The Labute approximate surface area is 175 Å². The van der Waals surface area contributed by atoms with Gasteiger partial charge in [-0.15, -0.1) is 0 Å². The average molecular weight is 420 g/mol. The van der Waals surface area contributed by atoms with E-state index in [0.717, 1.165) is 5.69 Å². The van der Waals surface area contributed by atoms with Crippen LogP contribution in [0.15, 0.2) is 71.9 Å². The van der Waals surface area contributed by atoms with E-state index in [1.165, 1.54) is 12.4 Å². The lowest BCUT2D eigenvalue weighted by Gasteiger charge is -2.21. The maximum Gasteiger partial charge on any atom is 0.182 e. The van der Waals surface area contributed by atoms with Crippen LogP contribution >= 0.6 is 0 Å². The molecule has 0 saturated carbocycles. The molecule has 0 fully saturated rings. The highest BCUT2D eigenvalue weighted by Gasteiger charge is 2.15. The van der Waals surface area contributed by atoms with E-state index in [1.54, 1.807) is 24.7 Å². The second-order valence-electron chi connectivity index (χ2n) is 6.40. The Morgan fingerprint density at radius 3 is 2.77 bits per heavy atom. The zero-order valence-electron chi connectivity index (χ0n) is 15.9. The fraction of sp³-hybridized carbons (Fsp3) is 0.100. The van der Waals surface area contributed by atoms with Gasteiger partial charge < -0.3 is 20.2 Å². The summed E-state index contributed by atoms with van der Waals surface area (Å²) in [5.41, 5.74) is 3.13. The normalized spacial score (nSPS) is 13.7. The van der Waals surface area contributed by atoms with E-state index in [1.807, 2.05) is 37.3 Å².